The van der Waals surface area contributed by atoms with E-state index in [2.05, 4.69) is 26.0 Å². The van der Waals surface area contributed by atoms with Crippen molar-refractivity contribution in [2.24, 2.45) is 0 Å². The van der Waals surface area contributed by atoms with Crippen molar-refractivity contribution in [1.82, 2.24) is 5.32 Å². The normalized spacial score (nSPS) is 11.2. The van der Waals surface area contributed by atoms with Gasteiger partial charge in [0.25, 0.3) is 0 Å². The molecule has 0 unspecified atom stereocenters. The maximum Gasteiger partial charge on any atom is 0.411 e. The molecule has 1 aromatic rings. The molecule has 1 amide bonds. The Morgan fingerprint density at radius 2 is 1.96 bits per heavy atom. The number of carbonyl (C=O) groups is 1. The summed E-state index contributed by atoms with van der Waals surface area (Å²) in [5, 5.41) is 2.60. The van der Waals surface area contributed by atoms with E-state index in [0.717, 1.165) is 5.56 Å². The van der Waals surface area contributed by atoms with E-state index in [-0.39, 0.29) is 19.6 Å². The highest BCUT2D eigenvalue weighted by atomic mass is 79.9. The summed E-state index contributed by atoms with van der Waals surface area (Å²) in [7, 11) is 3.00. The topological polar surface area (TPSA) is 56.8 Å². The van der Waals surface area contributed by atoms with Gasteiger partial charge in [-0.3, -0.25) is 4.79 Å². The molecule has 1 rings (SSSR count). The minimum absolute atomic E-state index is 0.148. The number of methoxy groups -OCH3 is 2. The minimum atomic E-state index is -4.39. The first-order valence-corrected chi connectivity index (χ1v) is 7.37. The lowest BCUT2D eigenvalue weighted by molar-refractivity contribution is -0.174. The molecule has 0 saturated carbocycles. The number of alkyl halides is 3. The summed E-state index contributed by atoms with van der Waals surface area (Å²) in [5.41, 5.74) is 0.749. The predicted octanol–water partition coefficient (Wildman–Crippen LogP) is 3.05. The van der Waals surface area contributed by atoms with Gasteiger partial charge in [-0.2, -0.15) is 13.2 Å². The van der Waals surface area contributed by atoms with Gasteiger partial charge >= 0.3 is 6.18 Å². The molecule has 0 aliphatic rings. The van der Waals surface area contributed by atoms with E-state index in [9.17, 15) is 18.0 Å². The fourth-order valence-electron chi connectivity index (χ4n) is 1.72. The molecule has 0 fully saturated rings. The van der Waals surface area contributed by atoms with Crippen LogP contribution in [0.15, 0.2) is 16.6 Å². The van der Waals surface area contributed by atoms with Crippen LogP contribution in [0.5, 0.6) is 11.5 Å². The van der Waals surface area contributed by atoms with Crippen molar-refractivity contribution >= 4 is 21.8 Å². The number of hydrogen-bond donors (Lipinski definition) is 1. The van der Waals surface area contributed by atoms with Gasteiger partial charge in [-0.1, -0.05) is 0 Å². The molecule has 0 heterocycles. The van der Waals surface area contributed by atoms with Crippen LogP contribution in [0.3, 0.4) is 0 Å². The standard InChI is InChI=1S/C14H17BrF3NO4/c1-21-11-6-9(5-10(15)13(11)22-2)7-19-12(20)3-4-23-8-14(16,17)18/h5-6H,3-4,7-8H2,1-2H3,(H,19,20). The summed E-state index contributed by atoms with van der Waals surface area (Å²) in [5.74, 6) is 0.626. The number of benzene rings is 1. The number of ether oxygens (including phenoxy) is 3. The Bertz CT molecular complexity index is 537. The highest BCUT2D eigenvalue weighted by Gasteiger charge is 2.27. The van der Waals surface area contributed by atoms with Crippen LogP contribution in [-0.4, -0.2) is 39.5 Å². The molecule has 0 aliphatic carbocycles. The lowest BCUT2D eigenvalue weighted by Crippen LogP contribution is -2.25. The molecule has 1 aromatic carbocycles. The smallest absolute Gasteiger partial charge is 0.411 e. The summed E-state index contributed by atoms with van der Waals surface area (Å²) < 4.78 is 51.0. The zero-order chi connectivity index (χ0) is 17.5. The van der Waals surface area contributed by atoms with Crippen LogP contribution in [0, 0.1) is 0 Å². The Hall–Kier alpha value is -1.48. The Kier molecular flexibility index (Phi) is 7.63. The number of carbonyl (C=O) groups excluding carboxylic acids is 1. The van der Waals surface area contributed by atoms with Crippen molar-refractivity contribution in [1.29, 1.82) is 0 Å². The van der Waals surface area contributed by atoms with Crippen LogP contribution in [0.4, 0.5) is 13.2 Å². The van der Waals surface area contributed by atoms with Crippen molar-refractivity contribution in [2.45, 2.75) is 19.1 Å². The van der Waals surface area contributed by atoms with Crippen molar-refractivity contribution in [2.75, 3.05) is 27.4 Å². The maximum atomic E-state index is 11.9. The lowest BCUT2D eigenvalue weighted by atomic mass is 10.2. The average molecular weight is 400 g/mol. The first kappa shape index (κ1) is 19.6. The summed E-state index contributed by atoms with van der Waals surface area (Å²) in [6.07, 6.45) is -4.53. The average Bonchev–Trinajstić information content (AvgIpc) is 2.48. The number of hydrogen-bond acceptors (Lipinski definition) is 4. The van der Waals surface area contributed by atoms with E-state index < -0.39 is 18.7 Å². The van der Waals surface area contributed by atoms with Gasteiger partial charge in [0.1, 0.15) is 6.61 Å². The molecule has 5 nitrogen and oxygen atoms in total. The van der Waals surface area contributed by atoms with E-state index in [1.54, 1.807) is 12.1 Å². The van der Waals surface area contributed by atoms with E-state index >= 15 is 0 Å². The SMILES string of the molecule is COc1cc(CNC(=O)CCOCC(F)(F)F)cc(Br)c1OC. The predicted molar refractivity (Wildman–Crippen MR) is 80.6 cm³/mol. The highest BCUT2D eigenvalue weighted by Crippen LogP contribution is 2.36. The first-order valence-electron chi connectivity index (χ1n) is 6.58. The van der Waals surface area contributed by atoms with E-state index in [1.807, 2.05) is 0 Å². The lowest BCUT2D eigenvalue weighted by Gasteiger charge is -2.12. The molecular weight excluding hydrogens is 383 g/mol. The highest BCUT2D eigenvalue weighted by molar-refractivity contribution is 9.10. The summed E-state index contributed by atoms with van der Waals surface area (Å²) >= 11 is 3.33. The van der Waals surface area contributed by atoms with Crippen molar-refractivity contribution < 1.29 is 32.2 Å². The van der Waals surface area contributed by atoms with Crippen LogP contribution in [0.2, 0.25) is 0 Å². The van der Waals surface area contributed by atoms with Gasteiger partial charge in [0.15, 0.2) is 11.5 Å². The zero-order valence-corrected chi connectivity index (χ0v) is 14.2. The quantitative estimate of drug-likeness (QED) is 0.682. The Morgan fingerprint density at radius 1 is 1.26 bits per heavy atom. The van der Waals surface area contributed by atoms with Gasteiger partial charge in [0.05, 0.1) is 25.3 Å². The van der Waals surface area contributed by atoms with Crippen LogP contribution in [0.1, 0.15) is 12.0 Å². The third-order valence-electron chi connectivity index (χ3n) is 2.72. The monoisotopic (exact) mass is 399 g/mol. The van der Waals surface area contributed by atoms with Gasteiger partial charge in [-0.05, 0) is 33.6 Å². The van der Waals surface area contributed by atoms with Crippen LogP contribution in [-0.2, 0) is 16.1 Å². The molecule has 0 radical (unpaired) electrons. The Labute approximate surface area is 140 Å². The van der Waals surface area contributed by atoms with Crippen LogP contribution < -0.4 is 14.8 Å². The molecule has 0 aromatic heterocycles. The molecule has 0 aliphatic heterocycles. The fraction of sp³-hybridized carbons (Fsp3) is 0.500. The molecule has 0 atom stereocenters. The van der Waals surface area contributed by atoms with Gasteiger partial charge in [0.2, 0.25) is 5.91 Å². The second kappa shape index (κ2) is 8.97. The summed E-state index contributed by atoms with van der Waals surface area (Å²) in [4.78, 5) is 11.6. The van der Waals surface area contributed by atoms with Gasteiger partial charge in [-0.25, -0.2) is 0 Å². The number of nitrogens with one attached hydrogen (secondary N) is 1. The number of halogens is 4. The molecule has 1 N–H and O–H groups in total. The third kappa shape index (κ3) is 7.08. The summed E-state index contributed by atoms with van der Waals surface area (Å²) in [6.45, 7) is -1.44. The Balaban J connectivity index is 2.46. The van der Waals surface area contributed by atoms with Crippen molar-refractivity contribution in [3.05, 3.63) is 22.2 Å². The van der Waals surface area contributed by atoms with Crippen LogP contribution in [0.25, 0.3) is 0 Å². The summed E-state index contributed by atoms with van der Waals surface area (Å²) in [6, 6.07) is 3.45. The van der Waals surface area contributed by atoms with E-state index in [0.29, 0.717) is 16.0 Å². The molecule has 130 valence electrons. The van der Waals surface area contributed by atoms with Gasteiger partial charge < -0.3 is 19.5 Å². The first-order chi connectivity index (χ1) is 10.8. The molecule has 0 bridgehead atoms. The molecule has 0 saturated heterocycles. The van der Waals surface area contributed by atoms with E-state index in [1.165, 1.54) is 14.2 Å². The number of rotatable bonds is 8. The molecule has 0 spiro atoms. The van der Waals surface area contributed by atoms with Gasteiger partial charge in [-0.15, -0.1) is 0 Å². The second-order valence-corrected chi connectivity index (χ2v) is 5.36. The largest absolute Gasteiger partial charge is 0.493 e. The molecule has 9 heteroatoms. The zero-order valence-electron chi connectivity index (χ0n) is 12.6. The third-order valence-corrected chi connectivity index (χ3v) is 3.31. The van der Waals surface area contributed by atoms with Crippen molar-refractivity contribution in [3.63, 3.8) is 0 Å². The minimum Gasteiger partial charge on any atom is -0.493 e. The molecule has 23 heavy (non-hydrogen) atoms. The molecular formula is C14H17BrF3NO4. The van der Waals surface area contributed by atoms with Crippen molar-refractivity contribution in [3.8, 4) is 11.5 Å². The van der Waals surface area contributed by atoms with Crippen LogP contribution >= 0.6 is 15.9 Å². The van der Waals surface area contributed by atoms with Gasteiger partial charge in [0, 0.05) is 13.0 Å². The maximum absolute atomic E-state index is 11.9. The number of amides is 1. The fourth-order valence-corrected chi connectivity index (χ4v) is 2.37. The second-order valence-electron chi connectivity index (χ2n) is 4.51. The Morgan fingerprint density at radius 3 is 2.52 bits per heavy atom. The van der Waals surface area contributed by atoms with E-state index in [4.69, 9.17) is 9.47 Å².